The zero-order valence-electron chi connectivity index (χ0n) is 11.4. The molecule has 0 aliphatic carbocycles. The van der Waals surface area contributed by atoms with Crippen LogP contribution in [0.15, 0.2) is 42.5 Å². The summed E-state index contributed by atoms with van der Waals surface area (Å²) in [5.41, 5.74) is 2.81. The Morgan fingerprint density at radius 3 is 2.65 bits per heavy atom. The molecule has 0 saturated heterocycles. The molecule has 104 valence electrons. The van der Waals surface area contributed by atoms with Crippen molar-refractivity contribution in [2.45, 2.75) is 20.0 Å². The molecule has 1 atom stereocenters. The fourth-order valence-corrected chi connectivity index (χ4v) is 2.20. The highest BCUT2D eigenvalue weighted by molar-refractivity contribution is 6.34. The molecule has 2 rings (SSSR count). The zero-order valence-corrected chi connectivity index (χ0v) is 12.1. The summed E-state index contributed by atoms with van der Waals surface area (Å²) in [6, 6.07) is 12.4. The number of anilines is 1. The number of amides is 1. The van der Waals surface area contributed by atoms with Gasteiger partial charge in [0.15, 0.2) is 0 Å². The van der Waals surface area contributed by atoms with Gasteiger partial charge in [0.1, 0.15) is 0 Å². The van der Waals surface area contributed by atoms with Gasteiger partial charge in [-0.1, -0.05) is 29.8 Å². The van der Waals surface area contributed by atoms with Crippen LogP contribution in [0.1, 0.15) is 34.5 Å². The van der Waals surface area contributed by atoms with Gasteiger partial charge in [0.2, 0.25) is 0 Å². The van der Waals surface area contributed by atoms with Crippen molar-refractivity contribution >= 4 is 23.2 Å². The van der Waals surface area contributed by atoms with Gasteiger partial charge >= 0.3 is 0 Å². The Morgan fingerprint density at radius 2 is 2.00 bits per heavy atom. The van der Waals surface area contributed by atoms with Gasteiger partial charge in [0.05, 0.1) is 16.7 Å². The summed E-state index contributed by atoms with van der Waals surface area (Å²) in [5, 5.41) is 12.7. The highest BCUT2D eigenvalue weighted by atomic mass is 35.5. The number of halogens is 1. The van der Waals surface area contributed by atoms with Crippen molar-refractivity contribution in [2.75, 3.05) is 5.32 Å². The highest BCUT2D eigenvalue weighted by Crippen LogP contribution is 2.21. The lowest BCUT2D eigenvalue weighted by Crippen LogP contribution is -2.12. The second-order valence-electron chi connectivity index (χ2n) is 4.74. The molecule has 1 amide bonds. The molecule has 2 N–H and O–H groups in total. The normalized spacial score (nSPS) is 12.0. The standard InChI is InChI=1S/C16H16ClNO2/c1-10-6-7-14(15(17)8-10)16(20)18-13-5-3-4-12(9-13)11(2)19/h3-9,11,19H,1-2H3,(H,18,20)/t11-/m0/s1. The second kappa shape index (κ2) is 6.07. The second-order valence-corrected chi connectivity index (χ2v) is 5.15. The van der Waals surface area contributed by atoms with Gasteiger partial charge < -0.3 is 10.4 Å². The minimum absolute atomic E-state index is 0.266. The van der Waals surface area contributed by atoms with E-state index >= 15 is 0 Å². The smallest absolute Gasteiger partial charge is 0.257 e. The Hall–Kier alpha value is -1.84. The lowest BCUT2D eigenvalue weighted by molar-refractivity contribution is 0.102. The summed E-state index contributed by atoms with van der Waals surface area (Å²) in [7, 11) is 0. The molecule has 0 saturated carbocycles. The molecule has 0 bridgehead atoms. The molecule has 3 nitrogen and oxygen atoms in total. The summed E-state index contributed by atoms with van der Waals surface area (Å²) in [4.78, 5) is 12.2. The third kappa shape index (κ3) is 3.38. The van der Waals surface area contributed by atoms with Crippen molar-refractivity contribution in [1.82, 2.24) is 0 Å². The number of hydrogen-bond donors (Lipinski definition) is 2. The SMILES string of the molecule is Cc1ccc(C(=O)Nc2cccc([C@H](C)O)c2)c(Cl)c1. The van der Waals surface area contributed by atoms with Gasteiger partial charge in [-0.3, -0.25) is 4.79 Å². The number of rotatable bonds is 3. The Kier molecular flexibility index (Phi) is 4.42. The van der Waals surface area contributed by atoms with Crippen LogP contribution >= 0.6 is 11.6 Å². The quantitative estimate of drug-likeness (QED) is 0.899. The van der Waals surface area contributed by atoms with Crippen LogP contribution < -0.4 is 5.32 Å². The minimum Gasteiger partial charge on any atom is -0.389 e. The van der Waals surface area contributed by atoms with Crippen molar-refractivity contribution < 1.29 is 9.90 Å². The van der Waals surface area contributed by atoms with Crippen LogP contribution in [-0.2, 0) is 0 Å². The minimum atomic E-state index is -0.574. The monoisotopic (exact) mass is 289 g/mol. The number of aliphatic hydroxyl groups excluding tert-OH is 1. The van der Waals surface area contributed by atoms with Crippen molar-refractivity contribution in [3.05, 3.63) is 64.2 Å². The maximum atomic E-state index is 12.2. The number of carbonyl (C=O) groups excluding carboxylic acids is 1. The molecule has 0 heterocycles. The largest absolute Gasteiger partial charge is 0.389 e. The van der Waals surface area contributed by atoms with Gasteiger partial charge in [-0.15, -0.1) is 0 Å². The predicted molar refractivity (Wildman–Crippen MR) is 81.2 cm³/mol. The van der Waals surface area contributed by atoms with Crippen LogP contribution in [0.25, 0.3) is 0 Å². The first-order valence-corrected chi connectivity index (χ1v) is 6.70. The van der Waals surface area contributed by atoms with Crippen LogP contribution in [0, 0.1) is 6.92 Å². The maximum Gasteiger partial charge on any atom is 0.257 e. The summed E-state index contributed by atoms with van der Waals surface area (Å²) in [5.74, 6) is -0.266. The topological polar surface area (TPSA) is 49.3 Å². The molecule has 0 aliphatic rings. The van der Waals surface area contributed by atoms with E-state index in [1.165, 1.54) is 0 Å². The Bertz CT molecular complexity index is 638. The molecule has 0 aromatic heterocycles. The molecule has 0 radical (unpaired) electrons. The van der Waals surface area contributed by atoms with Crippen LogP contribution in [0.5, 0.6) is 0 Å². The lowest BCUT2D eigenvalue weighted by atomic mass is 10.1. The van der Waals surface area contributed by atoms with Crippen LogP contribution in [0.4, 0.5) is 5.69 Å². The molecule has 2 aromatic carbocycles. The van der Waals surface area contributed by atoms with E-state index in [-0.39, 0.29) is 5.91 Å². The number of aryl methyl sites for hydroxylation is 1. The Labute approximate surface area is 123 Å². The number of aliphatic hydroxyl groups is 1. The first kappa shape index (κ1) is 14.6. The molecule has 0 spiro atoms. The average molecular weight is 290 g/mol. The third-order valence-electron chi connectivity index (χ3n) is 3.00. The Morgan fingerprint density at radius 1 is 1.25 bits per heavy atom. The first-order chi connectivity index (χ1) is 9.47. The molecule has 0 unspecified atom stereocenters. The van der Waals surface area contributed by atoms with E-state index in [0.717, 1.165) is 11.1 Å². The summed E-state index contributed by atoms with van der Waals surface area (Å²) in [6.07, 6.45) is -0.574. The highest BCUT2D eigenvalue weighted by Gasteiger charge is 2.11. The molecule has 4 heteroatoms. The third-order valence-corrected chi connectivity index (χ3v) is 3.31. The van der Waals surface area contributed by atoms with Crippen molar-refractivity contribution in [1.29, 1.82) is 0 Å². The van der Waals surface area contributed by atoms with E-state index in [1.807, 2.05) is 13.0 Å². The fraction of sp³-hybridized carbons (Fsp3) is 0.188. The van der Waals surface area contributed by atoms with E-state index in [9.17, 15) is 9.90 Å². The van der Waals surface area contributed by atoms with E-state index in [0.29, 0.717) is 16.3 Å². The number of nitrogens with one attached hydrogen (secondary N) is 1. The van der Waals surface area contributed by atoms with Crippen molar-refractivity contribution in [3.8, 4) is 0 Å². The lowest BCUT2D eigenvalue weighted by Gasteiger charge is -2.10. The van der Waals surface area contributed by atoms with Crippen molar-refractivity contribution in [2.24, 2.45) is 0 Å². The molecular formula is C16H16ClNO2. The number of hydrogen-bond acceptors (Lipinski definition) is 2. The van der Waals surface area contributed by atoms with Gasteiger partial charge in [-0.25, -0.2) is 0 Å². The predicted octanol–water partition coefficient (Wildman–Crippen LogP) is 3.95. The number of benzene rings is 2. The van der Waals surface area contributed by atoms with Gasteiger partial charge in [0, 0.05) is 5.69 Å². The van der Waals surface area contributed by atoms with Crippen LogP contribution in [0.2, 0.25) is 5.02 Å². The summed E-state index contributed by atoms with van der Waals surface area (Å²) < 4.78 is 0. The Balaban J connectivity index is 2.21. The average Bonchev–Trinajstić information content (AvgIpc) is 2.38. The molecule has 20 heavy (non-hydrogen) atoms. The van der Waals surface area contributed by atoms with E-state index < -0.39 is 6.10 Å². The molecular weight excluding hydrogens is 274 g/mol. The van der Waals surface area contributed by atoms with Crippen LogP contribution in [0.3, 0.4) is 0 Å². The van der Waals surface area contributed by atoms with E-state index in [4.69, 9.17) is 11.6 Å². The van der Waals surface area contributed by atoms with Gasteiger partial charge in [-0.05, 0) is 49.2 Å². The van der Waals surface area contributed by atoms with E-state index in [2.05, 4.69) is 5.32 Å². The van der Waals surface area contributed by atoms with Gasteiger partial charge in [0.25, 0.3) is 5.91 Å². The summed E-state index contributed by atoms with van der Waals surface area (Å²) in [6.45, 7) is 3.59. The van der Waals surface area contributed by atoms with E-state index in [1.54, 1.807) is 43.3 Å². The van der Waals surface area contributed by atoms with Crippen LogP contribution in [-0.4, -0.2) is 11.0 Å². The fourth-order valence-electron chi connectivity index (χ4n) is 1.88. The summed E-state index contributed by atoms with van der Waals surface area (Å²) >= 11 is 6.07. The first-order valence-electron chi connectivity index (χ1n) is 6.33. The molecule has 0 fully saturated rings. The zero-order chi connectivity index (χ0) is 14.7. The van der Waals surface area contributed by atoms with Crippen molar-refractivity contribution in [3.63, 3.8) is 0 Å². The molecule has 2 aromatic rings. The molecule has 0 aliphatic heterocycles. The maximum absolute atomic E-state index is 12.2. The van der Waals surface area contributed by atoms with Gasteiger partial charge in [-0.2, -0.15) is 0 Å². The number of carbonyl (C=O) groups is 1.